The van der Waals surface area contributed by atoms with Crippen LogP contribution < -0.4 is 5.32 Å². The maximum atomic E-state index is 13.1. The third kappa shape index (κ3) is 5.31. The Balaban J connectivity index is 1.41. The van der Waals surface area contributed by atoms with E-state index in [1.807, 2.05) is 11.4 Å². The number of carbonyl (C=O) groups excluding carboxylic acids is 1. The predicted molar refractivity (Wildman–Crippen MR) is 130 cm³/mol. The summed E-state index contributed by atoms with van der Waals surface area (Å²) in [6.45, 7) is 0.241. The van der Waals surface area contributed by atoms with Crippen molar-refractivity contribution in [1.82, 2.24) is 9.29 Å². The lowest BCUT2D eigenvalue weighted by atomic mass is 9.97. The number of nitrogens with one attached hydrogen (secondary N) is 1. The van der Waals surface area contributed by atoms with E-state index in [0.717, 1.165) is 16.8 Å². The van der Waals surface area contributed by atoms with E-state index in [4.69, 9.17) is 11.6 Å². The van der Waals surface area contributed by atoms with Gasteiger partial charge in [0.05, 0.1) is 19.8 Å². The number of carbonyl (C=O) groups is 1. The molecule has 176 valence electrons. The molecule has 1 aliphatic heterocycles. The van der Waals surface area contributed by atoms with Crippen LogP contribution in [0.5, 0.6) is 0 Å². The molecule has 1 aromatic carbocycles. The molecule has 0 unspecified atom stereocenters. The highest BCUT2D eigenvalue weighted by Crippen LogP contribution is 2.33. The third-order valence-electron chi connectivity index (χ3n) is 5.25. The Bertz CT molecular complexity index is 1390. The second-order valence-corrected chi connectivity index (χ2v) is 14.0. The van der Waals surface area contributed by atoms with Crippen LogP contribution in [-0.4, -0.2) is 51.4 Å². The van der Waals surface area contributed by atoms with Gasteiger partial charge in [0.2, 0.25) is 15.9 Å². The lowest BCUT2D eigenvalue weighted by Gasteiger charge is -2.30. The van der Waals surface area contributed by atoms with Gasteiger partial charge in [0.25, 0.3) is 0 Å². The molecule has 13 heteroatoms. The molecule has 2 aromatic heterocycles. The SMILES string of the molecule is CS(=O)(=O)c1ccccc1S(=O)(=O)N1CCC(C(=O)Nc2nc(-c3ccc(Cl)s3)cs2)CC1. The minimum Gasteiger partial charge on any atom is -0.302 e. The highest BCUT2D eigenvalue weighted by atomic mass is 35.5. The molecule has 0 atom stereocenters. The molecule has 0 radical (unpaired) electrons. The number of sulfonamides is 1. The van der Waals surface area contributed by atoms with E-state index in [-0.39, 0.29) is 34.7 Å². The van der Waals surface area contributed by atoms with Crippen LogP contribution in [0, 0.1) is 5.92 Å². The molecular weight excluding hydrogens is 526 g/mol. The molecule has 0 aliphatic carbocycles. The Hall–Kier alpha value is -1.83. The summed E-state index contributed by atoms with van der Waals surface area (Å²) in [5.41, 5.74) is 0.734. The molecule has 3 heterocycles. The molecule has 1 aliphatic rings. The summed E-state index contributed by atoms with van der Waals surface area (Å²) in [6.07, 6.45) is 1.63. The van der Waals surface area contributed by atoms with Gasteiger partial charge in [-0.2, -0.15) is 4.31 Å². The average molecular weight is 546 g/mol. The van der Waals surface area contributed by atoms with Crippen LogP contribution in [0.15, 0.2) is 51.6 Å². The zero-order valence-electron chi connectivity index (χ0n) is 17.4. The molecule has 1 saturated heterocycles. The molecule has 0 saturated carbocycles. The minimum atomic E-state index is -4.01. The van der Waals surface area contributed by atoms with Gasteiger partial charge in [0.15, 0.2) is 15.0 Å². The second kappa shape index (κ2) is 9.43. The first-order valence-electron chi connectivity index (χ1n) is 9.87. The second-order valence-electron chi connectivity index (χ2n) is 7.53. The Kier molecular flexibility index (Phi) is 6.95. The predicted octanol–water partition coefficient (Wildman–Crippen LogP) is 3.97. The summed E-state index contributed by atoms with van der Waals surface area (Å²) in [6, 6.07) is 9.22. The van der Waals surface area contributed by atoms with Gasteiger partial charge in [-0.1, -0.05) is 23.7 Å². The van der Waals surface area contributed by atoms with Gasteiger partial charge >= 0.3 is 0 Å². The number of thiophene rings is 1. The summed E-state index contributed by atoms with van der Waals surface area (Å²) < 4.78 is 52.2. The molecule has 0 spiro atoms. The van der Waals surface area contributed by atoms with Gasteiger partial charge in [-0.05, 0) is 37.1 Å². The van der Waals surface area contributed by atoms with Crippen LogP contribution in [0.1, 0.15) is 12.8 Å². The molecule has 33 heavy (non-hydrogen) atoms. The van der Waals surface area contributed by atoms with E-state index in [1.54, 1.807) is 6.07 Å². The van der Waals surface area contributed by atoms with E-state index in [9.17, 15) is 21.6 Å². The first-order valence-corrected chi connectivity index (χ1v) is 15.3. The first kappa shape index (κ1) is 24.3. The summed E-state index contributed by atoms with van der Waals surface area (Å²) in [5, 5.41) is 5.12. The lowest BCUT2D eigenvalue weighted by Crippen LogP contribution is -2.41. The van der Waals surface area contributed by atoms with Gasteiger partial charge in [-0.15, -0.1) is 22.7 Å². The number of anilines is 1. The summed E-state index contributed by atoms with van der Waals surface area (Å²) in [7, 11) is -7.72. The number of hydrogen-bond acceptors (Lipinski definition) is 8. The normalized spacial score (nSPS) is 16.1. The van der Waals surface area contributed by atoms with Gasteiger partial charge in [-0.3, -0.25) is 4.79 Å². The fourth-order valence-electron chi connectivity index (χ4n) is 3.57. The fraction of sp³-hybridized carbons (Fsp3) is 0.300. The van der Waals surface area contributed by atoms with Gasteiger partial charge in [-0.25, -0.2) is 21.8 Å². The standard InChI is InChI=1S/C20H20ClN3O5S4/c1-32(26,27)16-4-2-3-5-17(16)33(28,29)24-10-8-13(9-11-24)19(25)23-20-22-14(12-30-20)15-6-7-18(21)31-15/h2-7,12-13H,8-11H2,1H3,(H,22,23,25). The highest BCUT2D eigenvalue weighted by molar-refractivity contribution is 7.93. The van der Waals surface area contributed by atoms with Crippen molar-refractivity contribution >= 4 is 65.2 Å². The molecule has 4 rings (SSSR count). The van der Waals surface area contributed by atoms with Crippen molar-refractivity contribution in [2.45, 2.75) is 22.6 Å². The van der Waals surface area contributed by atoms with Crippen LogP contribution in [0.3, 0.4) is 0 Å². The highest BCUT2D eigenvalue weighted by Gasteiger charge is 2.34. The number of hydrogen-bond donors (Lipinski definition) is 1. The van der Waals surface area contributed by atoms with Gasteiger partial charge in [0, 0.05) is 30.6 Å². The zero-order chi connectivity index (χ0) is 23.8. The topological polar surface area (TPSA) is 114 Å². The van der Waals surface area contributed by atoms with Crippen LogP contribution in [0.2, 0.25) is 4.34 Å². The Labute approximate surface area is 205 Å². The molecule has 1 amide bonds. The smallest absolute Gasteiger partial charge is 0.244 e. The third-order valence-corrected chi connectivity index (χ3v) is 10.5. The van der Waals surface area contributed by atoms with Crippen LogP contribution in [-0.2, 0) is 24.7 Å². The zero-order valence-corrected chi connectivity index (χ0v) is 21.4. The van der Waals surface area contributed by atoms with E-state index in [2.05, 4.69) is 10.3 Å². The quantitative estimate of drug-likeness (QED) is 0.501. The molecule has 8 nitrogen and oxygen atoms in total. The van der Waals surface area contributed by atoms with Gasteiger partial charge in [0.1, 0.15) is 4.90 Å². The van der Waals surface area contributed by atoms with Crippen LogP contribution in [0.4, 0.5) is 5.13 Å². The Morgan fingerprint density at radius 1 is 1.09 bits per heavy atom. The van der Waals surface area contributed by atoms with Crippen molar-refractivity contribution in [2.24, 2.45) is 5.92 Å². The number of halogens is 1. The lowest BCUT2D eigenvalue weighted by molar-refractivity contribution is -0.120. The molecule has 1 fully saturated rings. The largest absolute Gasteiger partial charge is 0.302 e. The number of nitrogens with zero attached hydrogens (tertiary/aromatic N) is 2. The van der Waals surface area contributed by atoms with Crippen LogP contribution in [0.25, 0.3) is 10.6 Å². The maximum absolute atomic E-state index is 13.1. The molecule has 0 bridgehead atoms. The molecule has 1 N–H and O–H groups in total. The Morgan fingerprint density at radius 3 is 2.36 bits per heavy atom. The fourth-order valence-corrected chi connectivity index (χ4v) is 8.43. The Morgan fingerprint density at radius 2 is 1.76 bits per heavy atom. The molecular formula is C20H20ClN3O5S4. The maximum Gasteiger partial charge on any atom is 0.244 e. The van der Waals surface area contributed by atoms with Crippen molar-refractivity contribution < 1.29 is 21.6 Å². The van der Waals surface area contributed by atoms with E-state index in [1.165, 1.54) is 51.2 Å². The summed E-state index contributed by atoms with van der Waals surface area (Å²) in [5.74, 6) is -0.584. The summed E-state index contributed by atoms with van der Waals surface area (Å²) in [4.78, 5) is 17.6. The molecule has 3 aromatic rings. The van der Waals surface area contributed by atoms with E-state index >= 15 is 0 Å². The number of rotatable bonds is 6. The van der Waals surface area contributed by atoms with E-state index < -0.39 is 19.9 Å². The van der Waals surface area contributed by atoms with Gasteiger partial charge < -0.3 is 5.32 Å². The number of piperidine rings is 1. The van der Waals surface area contributed by atoms with Crippen molar-refractivity contribution in [3.8, 4) is 10.6 Å². The summed E-state index contributed by atoms with van der Waals surface area (Å²) >= 11 is 8.67. The number of thiazole rings is 1. The first-order chi connectivity index (χ1) is 15.6. The van der Waals surface area contributed by atoms with E-state index in [0.29, 0.717) is 22.3 Å². The monoisotopic (exact) mass is 545 g/mol. The van der Waals surface area contributed by atoms with Crippen LogP contribution >= 0.6 is 34.3 Å². The number of sulfone groups is 1. The number of aromatic nitrogens is 1. The minimum absolute atomic E-state index is 0.120. The number of amides is 1. The van der Waals surface area contributed by atoms with Crippen molar-refractivity contribution in [1.29, 1.82) is 0 Å². The van der Waals surface area contributed by atoms with Crippen molar-refractivity contribution in [3.63, 3.8) is 0 Å². The van der Waals surface area contributed by atoms with Crippen molar-refractivity contribution in [2.75, 3.05) is 24.7 Å². The number of benzene rings is 1. The average Bonchev–Trinajstić information content (AvgIpc) is 3.42. The van der Waals surface area contributed by atoms with Crippen molar-refractivity contribution in [3.05, 3.63) is 46.1 Å².